The van der Waals surface area contributed by atoms with Crippen molar-refractivity contribution < 1.29 is 19.1 Å². The van der Waals surface area contributed by atoms with Crippen LogP contribution in [0, 0.1) is 0 Å². The number of carbonyl (C=O) groups excluding carboxylic acids is 2. The van der Waals surface area contributed by atoms with E-state index in [4.69, 9.17) is 21.1 Å². The van der Waals surface area contributed by atoms with Crippen molar-refractivity contribution in [1.29, 1.82) is 0 Å². The van der Waals surface area contributed by atoms with Crippen LogP contribution in [-0.4, -0.2) is 25.1 Å². The molecule has 0 aliphatic heterocycles. The van der Waals surface area contributed by atoms with E-state index < -0.39 is 5.97 Å². The number of benzene rings is 1. The standard InChI is InChI=1S/C16H16ClNO4S/c1-11(14-3-2-8-23-14)18-15(19)9-22-16(20)10-21-13-6-4-12(17)5-7-13/h2-8,11H,9-10H2,1H3,(H,18,19)/t11-/m0/s1. The number of esters is 1. The molecule has 5 nitrogen and oxygen atoms in total. The zero-order valence-electron chi connectivity index (χ0n) is 12.5. The van der Waals surface area contributed by atoms with Gasteiger partial charge in [0.15, 0.2) is 13.2 Å². The maximum Gasteiger partial charge on any atom is 0.344 e. The average Bonchev–Trinajstić information content (AvgIpc) is 3.07. The minimum atomic E-state index is -0.612. The monoisotopic (exact) mass is 353 g/mol. The first kappa shape index (κ1) is 17.3. The van der Waals surface area contributed by atoms with Crippen molar-refractivity contribution in [3.63, 3.8) is 0 Å². The normalized spacial score (nSPS) is 11.6. The lowest BCUT2D eigenvalue weighted by atomic mass is 10.3. The van der Waals surface area contributed by atoms with Crippen LogP contribution in [0.2, 0.25) is 5.02 Å². The van der Waals surface area contributed by atoms with Crippen molar-refractivity contribution in [1.82, 2.24) is 5.32 Å². The van der Waals surface area contributed by atoms with Crippen LogP contribution in [0.3, 0.4) is 0 Å². The fourth-order valence-electron chi connectivity index (χ4n) is 1.75. The van der Waals surface area contributed by atoms with Crippen molar-refractivity contribution in [3.05, 3.63) is 51.7 Å². The van der Waals surface area contributed by atoms with Crippen molar-refractivity contribution in [2.24, 2.45) is 0 Å². The predicted molar refractivity (Wildman–Crippen MR) is 88.8 cm³/mol. The molecule has 1 heterocycles. The van der Waals surface area contributed by atoms with Crippen molar-refractivity contribution in [3.8, 4) is 5.75 Å². The summed E-state index contributed by atoms with van der Waals surface area (Å²) in [7, 11) is 0. The Hall–Kier alpha value is -2.05. The van der Waals surface area contributed by atoms with Gasteiger partial charge in [0.1, 0.15) is 5.75 Å². The minimum Gasteiger partial charge on any atom is -0.482 e. The van der Waals surface area contributed by atoms with E-state index in [9.17, 15) is 9.59 Å². The molecule has 0 radical (unpaired) electrons. The lowest BCUT2D eigenvalue weighted by Crippen LogP contribution is -2.31. The number of amides is 1. The lowest BCUT2D eigenvalue weighted by molar-refractivity contribution is -0.150. The molecule has 0 aliphatic carbocycles. The Balaban J connectivity index is 1.67. The fourth-order valence-corrected chi connectivity index (χ4v) is 2.61. The molecule has 0 aliphatic rings. The van der Waals surface area contributed by atoms with E-state index in [0.29, 0.717) is 10.8 Å². The molecule has 0 unspecified atom stereocenters. The second-order valence-electron chi connectivity index (χ2n) is 4.71. The number of thiophene rings is 1. The van der Waals surface area contributed by atoms with E-state index in [2.05, 4.69) is 5.32 Å². The van der Waals surface area contributed by atoms with Gasteiger partial charge in [0.2, 0.25) is 0 Å². The summed E-state index contributed by atoms with van der Waals surface area (Å²) < 4.78 is 10.1. The maximum absolute atomic E-state index is 11.7. The van der Waals surface area contributed by atoms with Crippen LogP contribution in [0.25, 0.3) is 0 Å². The first-order valence-corrected chi connectivity index (χ1v) is 8.17. The van der Waals surface area contributed by atoms with Gasteiger partial charge in [-0.3, -0.25) is 4.79 Å². The Labute approximate surface area is 143 Å². The van der Waals surface area contributed by atoms with Crippen LogP contribution in [0.4, 0.5) is 0 Å². The quantitative estimate of drug-likeness (QED) is 0.776. The van der Waals surface area contributed by atoms with E-state index in [1.54, 1.807) is 35.6 Å². The fraction of sp³-hybridized carbons (Fsp3) is 0.250. The minimum absolute atomic E-state index is 0.119. The van der Waals surface area contributed by atoms with Crippen molar-refractivity contribution >= 4 is 34.8 Å². The average molecular weight is 354 g/mol. The summed E-state index contributed by atoms with van der Waals surface area (Å²) in [4.78, 5) is 24.3. The van der Waals surface area contributed by atoms with Crippen LogP contribution >= 0.6 is 22.9 Å². The SMILES string of the molecule is C[C@H](NC(=O)COC(=O)COc1ccc(Cl)cc1)c1cccs1. The highest BCUT2D eigenvalue weighted by Crippen LogP contribution is 2.18. The summed E-state index contributed by atoms with van der Waals surface area (Å²) in [5.74, 6) is -0.466. The van der Waals surface area contributed by atoms with Gasteiger partial charge in [-0.25, -0.2) is 4.79 Å². The third-order valence-electron chi connectivity index (χ3n) is 2.88. The molecular weight excluding hydrogens is 338 g/mol. The predicted octanol–water partition coefficient (Wildman–Crippen LogP) is 3.20. The molecule has 7 heteroatoms. The van der Waals surface area contributed by atoms with E-state index in [0.717, 1.165) is 4.88 Å². The van der Waals surface area contributed by atoms with Crippen molar-refractivity contribution in [2.45, 2.75) is 13.0 Å². The molecule has 23 heavy (non-hydrogen) atoms. The molecule has 2 aromatic rings. The molecule has 1 N–H and O–H groups in total. The maximum atomic E-state index is 11.7. The first-order chi connectivity index (χ1) is 11.0. The Morgan fingerprint density at radius 1 is 1.22 bits per heavy atom. The van der Waals surface area contributed by atoms with Crippen LogP contribution < -0.4 is 10.1 Å². The number of ether oxygens (including phenoxy) is 2. The van der Waals surface area contributed by atoms with E-state index in [1.165, 1.54) is 0 Å². The summed E-state index contributed by atoms with van der Waals surface area (Å²) in [6.45, 7) is 1.27. The van der Waals surface area contributed by atoms with Crippen LogP contribution in [-0.2, 0) is 14.3 Å². The number of halogens is 1. The zero-order valence-corrected chi connectivity index (χ0v) is 14.0. The molecule has 2 rings (SSSR count). The molecule has 1 amide bonds. The molecule has 1 aromatic carbocycles. The van der Waals surface area contributed by atoms with Gasteiger partial charge in [0, 0.05) is 9.90 Å². The topological polar surface area (TPSA) is 64.6 Å². The molecular formula is C16H16ClNO4S. The van der Waals surface area contributed by atoms with Crippen LogP contribution in [0.1, 0.15) is 17.8 Å². The summed E-state index contributed by atoms with van der Waals surface area (Å²) in [5, 5.41) is 5.27. The Kier molecular flexibility index (Phi) is 6.43. The number of carbonyl (C=O) groups is 2. The van der Waals surface area contributed by atoms with Gasteiger partial charge in [-0.1, -0.05) is 17.7 Å². The van der Waals surface area contributed by atoms with Gasteiger partial charge in [0.25, 0.3) is 5.91 Å². The van der Waals surface area contributed by atoms with E-state index in [1.807, 2.05) is 24.4 Å². The Morgan fingerprint density at radius 3 is 2.61 bits per heavy atom. The highest BCUT2D eigenvalue weighted by Gasteiger charge is 2.12. The summed E-state index contributed by atoms with van der Waals surface area (Å²) in [6.07, 6.45) is 0. The molecule has 1 atom stereocenters. The first-order valence-electron chi connectivity index (χ1n) is 6.91. The van der Waals surface area contributed by atoms with E-state index >= 15 is 0 Å². The highest BCUT2D eigenvalue weighted by atomic mass is 35.5. The second-order valence-corrected chi connectivity index (χ2v) is 6.12. The van der Waals surface area contributed by atoms with Gasteiger partial charge in [-0.2, -0.15) is 0 Å². The zero-order chi connectivity index (χ0) is 16.7. The molecule has 122 valence electrons. The Morgan fingerprint density at radius 2 is 1.96 bits per heavy atom. The largest absolute Gasteiger partial charge is 0.482 e. The summed E-state index contributed by atoms with van der Waals surface area (Å²) in [5.41, 5.74) is 0. The van der Waals surface area contributed by atoms with E-state index in [-0.39, 0.29) is 25.2 Å². The van der Waals surface area contributed by atoms with Gasteiger partial charge in [-0.15, -0.1) is 11.3 Å². The third kappa shape index (κ3) is 5.92. The lowest BCUT2D eigenvalue weighted by Gasteiger charge is -2.12. The second kappa shape index (κ2) is 8.55. The van der Waals surface area contributed by atoms with Gasteiger partial charge in [0.05, 0.1) is 6.04 Å². The summed E-state index contributed by atoms with van der Waals surface area (Å²) in [6, 6.07) is 10.3. The van der Waals surface area contributed by atoms with Gasteiger partial charge < -0.3 is 14.8 Å². The van der Waals surface area contributed by atoms with Gasteiger partial charge >= 0.3 is 5.97 Å². The summed E-state index contributed by atoms with van der Waals surface area (Å²) >= 11 is 7.30. The van der Waals surface area contributed by atoms with Crippen LogP contribution in [0.15, 0.2) is 41.8 Å². The molecule has 1 aromatic heterocycles. The Bertz CT molecular complexity index is 643. The smallest absolute Gasteiger partial charge is 0.344 e. The molecule has 0 fully saturated rings. The number of nitrogens with one attached hydrogen (secondary N) is 1. The van der Waals surface area contributed by atoms with Crippen LogP contribution in [0.5, 0.6) is 5.75 Å². The van der Waals surface area contributed by atoms with Crippen molar-refractivity contribution in [2.75, 3.05) is 13.2 Å². The third-order valence-corrected chi connectivity index (χ3v) is 4.19. The number of rotatable bonds is 7. The molecule has 0 saturated carbocycles. The number of hydrogen-bond acceptors (Lipinski definition) is 5. The molecule has 0 spiro atoms. The number of hydrogen-bond donors (Lipinski definition) is 1. The molecule has 0 bridgehead atoms. The molecule has 0 saturated heterocycles. The highest BCUT2D eigenvalue weighted by molar-refractivity contribution is 7.10. The van der Waals surface area contributed by atoms with Gasteiger partial charge in [-0.05, 0) is 42.6 Å².